The second-order valence-corrected chi connectivity index (χ2v) is 9.48. The normalized spacial score (nSPS) is 28.8. The molecule has 4 unspecified atom stereocenters. The molecular weight excluding hydrogens is 400 g/mol. The van der Waals surface area contributed by atoms with Gasteiger partial charge < -0.3 is 10.2 Å². The van der Waals surface area contributed by atoms with Gasteiger partial charge in [0.25, 0.3) is 0 Å². The first kappa shape index (κ1) is 22.1. The molecule has 0 amide bonds. The van der Waals surface area contributed by atoms with Crippen LogP contribution in [0.4, 0.5) is 0 Å². The molecule has 2 aromatic rings. The zero-order chi connectivity index (χ0) is 23.3. The number of hydrogen-bond donors (Lipinski definition) is 2. The van der Waals surface area contributed by atoms with Crippen molar-refractivity contribution < 1.29 is 19.8 Å². The van der Waals surface area contributed by atoms with Gasteiger partial charge in [0.2, 0.25) is 0 Å². The molecule has 0 heterocycles. The third kappa shape index (κ3) is 3.04. The molecule has 4 atom stereocenters. The number of carboxylic acids is 2. The molecule has 0 saturated carbocycles. The predicted octanol–water partition coefficient (Wildman–Crippen LogP) is 6.35. The van der Waals surface area contributed by atoms with Crippen molar-refractivity contribution in [1.82, 2.24) is 0 Å². The average molecular weight is 431 g/mol. The molecule has 0 aromatic heterocycles. The summed E-state index contributed by atoms with van der Waals surface area (Å²) in [4.78, 5) is 24.9. The number of rotatable bonds is 5. The first-order valence-electron chi connectivity index (χ1n) is 11.3. The maximum atomic E-state index is 12.4. The quantitative estimate of drug-likeness (QED) is 0.580. The van der Waals surface area contributed by atoms with Gasteiger partial charge in [0.05, 0.1) is 0 Å². The number of hydrogen-bond acceptors (Lipinski definition) is 2. The van der Waals surface area contributed by atoms with E-state index < -0.39 is 22.8 Å². The molecule has 2 aromatic carbocycles. The van der Waals surface area contributed by atoms with E-state index in [4.69, 9.17) is 0 Å². The van der Waals surface area contributed by atoms with Crippen molar-refractivity contribution >= 4 is 24.1 Å². The Morgan fingerprint density at radius 3 is 1.38 bits per heavy atom. The zero-order valence-corrected chi connectivity index (χ0v) is 19.1. The van der Waals surface area contributed by atoms with Crippen molar-refractivity contribution in [3.8, 4) is 0 Å². The summed E-state index contributed by atoms with van der Waals surface area (Å²) >= 11 is 0. The zero-order valence-electron chi connectivity index (χ0n) is 19.1. The van der Waals surface area contributed by atoms with Crippen molar-refractivity contribution in [3.05, 3.63) is 81.9 Å². The summed E-state index contributed by atoms with van der Waals surface area (Å²) in [6.07, 6.45) is 4.89. The Bertz CT molecular complexity index is 1070. The van der Waals surface area contributed by atoms with Gasteiger partial charge in [0, 0.05) is 33.8 Å². The van der Waals surface area contributed by atoms with Crippen LogP contribution in [0.5, 0.6) is 0 Å². The highest BCUT2D eigenvalue weighted by molar-refractivity contribution is 5.97. The smallest absolute Gasteiger partial charge is 0.332 e. The van der Waals surface area contributed by atoms with Gasteiger partial charge in [-0.3, -0.25) is 0 Å². The molecule has 4 rings (SSSR count). The summed E-state index contributed by atoms with van der Waals surface area (Å²) < 4.78 is 0. The molecule has 0 fully saturated rings. The van der Waals surface area contributed by atoms with Crippen LogP contribution in [0, 0.1) is 10.8 Å². The van der Waals surface area contributed by atoms with Gasteiger partial charge in [0.1, 0.15) is 0 Å². The largest absolute Gasteiger partial charge is 0.478 e. The van der Waals surface area contributed by atoms with Crippen LogP contribution in [0.1, 0.15) is 74.6 Å². The minimum atomic E-state index is -0.912. The van der Waals surface area contributed by atoms with Crippen molar-refractivity contribution in [2.75, 3.05) is 0 Å². The minimum Gasteiger partial charge on any atom is -0.478 e. The highest BCUT2D eigenvalue weighted by atomic mass is 16.4. The maximum absolute atomic E-state index is 12.4. The molecular formula is C28H30O4. The average Bonchev–Trinajstić information content (AvgIpc) is 2.78. The van der Waals surface area contributed by atoms with Gasteiger partial charge in [-0.2, -0.15) is 0 Å². The lowest BCUT2D eigenvalue weighted by Gasteiger charge is -2.53. The van der Waals surface area contributed by atoms with E-state index in [1.165, 1.54) is 0 Å². The van der Waals surface area contributed by atoms with Crippen molar-refractivity contribution in [2.45, 2.75) is 52.4 Å². The summed E-state index contributed by atoms with van der Waals surface area (Å²) in [5, 5.41) is 20.4. The summed E-state index contributed by atoms with van der Waals surface area (Å²) in [6, 6.07) is 15.9. The molecule has 2 N–H and O–H groups in total. The van der Waals surface area contributed by atoms with E-state index in [0.717, 1.165) is 22.3 Å². The van der Waals surface area contributed by atoms with Crippen LogP contribution >= 0.6 is 0 Å². The monoisotopic (exact) mass is 430 g/mol. The van der Waals surface area contributed by atoms with E-state index in [0.29, 0.717) is 24.0 Å². The predicted molar refractivity (Wildman–Crippen MR) is 126 cm³/mol. The Labute approximate surface area is 189 Å². The van der Waals surface area contributed by atoms with Crippen LogP contribution < -0.4 is 0 Å². The minimum absolute atomic E-state index is 0.186. The lowest BCUT2D eigenvalue weighted by Crippen LogP contribution is -2.45. The lowest BCUT2D eigenvalue weighted by atomic mass is 9.49. The molecule has 4 nitrogen and oxygen atoms in total. The summed E-state index contributed by atoms with van der Waals surface area (Å²) in [7, 11) is 0. The van der Waals surface area contributed by atoms with E-state index >= 15 is 0 Å². The molecule has 0 aliphatic heterocycles. The maximum Gasteiger partial charge on any atom is 0.332 e. The molecule has 0 radical (unpaired) electrons. The van der Waals surface area contributed by atoms with Gasteiger partial charge in [-0.05, 0) is 47.2 Å². The standard InChI is InChI=1S/C28H30O4/c1-5-27(3)21(25(29)30)15-17-11-7-9-13-19(17)23(27)24-20-14-10-8-12-18(20)16-22(26(31)32)28(24,4)6-2/h7-16,23-24H,5-6H2,1-4H3,(H,29,30)(H,31,32). The highest BCUT2D eigenvalue weighted by Gasteiger charge is 2.55. The third-order valence-electron chi connectivity index (χ3n) is 8.13. The van der Waals surface area contributed by atoms with Crippen molar-refractivity contribution in [1.29, 1.82) is 0 Å². The van der Waals surface area contributed by atoms with E-state index in [1.54, 1.807) is 0 Å². The number of carboxylic acid groups (broad SMARTS) is 2. The van der Waals surface area contributed by atoms with Gasteiger partial charge in [-0.25, -0.2) is 9.59 Å². The van der Waals surface area contributed by atoms with Gasteiger partial charge >= 0.3 is 11.9 Å². The number of fused-ring (bicyclic) bond motifs is 2. The van der Waals surface area contributed by atoms with E-state index in [9.17, 15) is 19.8 Å². The van der Waals surface area contributed by atoms with Crippen molar-refractivity contribution in [3.63, 3.8) is 0 Å². The second-order valence-electron chi connectivity index (χ2n) is 9.48. The van der Waals surface area contributed by atoms with Crippen LogP contribution in [0.2, 0.25) is 0 Å². The van der Waals surface area contributed by atoms with Crippen LogP contribution in [0.15, 0.2) is 59.7 Å². The molecule has 0 bridgehead atoms. The van der Waals surface area contributed by atoms with Crippen molar-refractivity contribution in [2.24, 2.45) is 10.8 Å². The van der Waals surface area contributed by atoms with Crippen LogP contribution in [0.25, 0.3) is 12.2 Å². The highest BCUT2D eigenvalue weighted by Crippen LogP contribution is 2.64. The Morgan fingerprint density at radius 1 is 0.719 bits per heavy atom. The summed E-state index contributed by atoms with van der Waals surface area (Å²) in [5.41, 5.74) is 3.47. The first-order chi connectivity index (χ1) is 15.2. The topological polar surface area (TPSA) is 74.6 Å². The fraction of sp³-hybridized carbons (Fsp3) is 0.357. The van der Waals surface area contributed by atoms with Crippen LogP contribution in [-0.2, 0) is 9.59 Å². The van der Waals surface area contributed by atoms with E-state index in [-0.39, 0.29) is 11.8 Å². The number of carbonyl (C=O) groups is 2. The Kier molecular flexibility index (Phi) is 5.36. The first-order valence-corrected chi connectivity index (χ1v) is 11.3. The van der Waals surface area contributed by atoms with Gasteiger partial charge in [-0.15, -0.1) is 0 Å². The summed E-state index contributed by atoms with van der Waals surface area (Å²) in [5.74, 6) is -2.20. The molecule has 4 heteroatoms. The second kappa shape index (κ2) is 7.77. The van der Waals surface area contributed by atoms with Gasteiger partial charge in [-0.1, -0.05) is 76.2 Å². The Hall–Kier alpha value is -3.14. The number of benzene rings is 2. The Morgan fingerprint density at radius 2 is 1.06 bits per heavy atom. The molecule has 2 aliphatic rings. The Balaban J connectivity index is 2.09. The van der Waals surface area contributed by atoms with E-state index in [2.05, 4.69) is 12.1 Å². The van der Waals surface area contributed by atoms with E-state index in [1.807, 2.05) is 76.2 Å². The lowest BCUT2D eigenvalue weighted by molar-refractivity contribution is -0.135. The molecule has 2 aliphatic carbocycles. The third-order valence-corrected chi connectivity index (χ3v) is 8.13. The van der Waals surface area contributed by atoms with Gasteiger partial charge in [0.15, 0.2) is 0 Å². The molecule has 0 spiro atoms. The molecule has 166 valence electrons. The number of aliphatic carboxylic acids is 2. The fourth-order valence-electron chi connectivity index (χ4n) is 6.04. The molecule has 32 heavy (non-hydrogen) atoms. The fourth-order valence-corrected chi connectivity index (χ4v) is 6.04. The van der Waals surface area contributed by atoms with Crippen LogP contribution in [0.3, 0.4) is 0 Å². The molecule has 0 saturated heterocycles. The summed E-state index contributed by atoms with van der Waals surface area (Å²) in [6.45, 7) is 8.13. The van der Waals surface area contributed by atoms with Crippen LogP contribution in [-0.4, -0.2) is 22.2 Å². The SMILES string of the molecule is CCC1(C)C(C(=O)O)=Cc2ccccc2C1C1c2ccccc2C=C(C(=O)O)C1(C)CC.